The average molecular weight is 305 g/mol. The van der Waals surface area contributed by atoms with Crippen molar-refractivity contribution in [1.82, 2.24) is 4.72 Å². The summed E-state index contributed by atoms with van der Waals surface area (Å²) in [7, 11) is 0. The summed E-state index contributed by atoms with van der Waals surface area (Å²) < 4.78 is 2.57. The number of hydrogen-bond donors (Lipinski definition) is 0. The summed E-state index contributed by atoms with van der Waals surface area (Å²) in [4.78, 5) is 4.96. The molecule has 1 aliphatic rings. The smallest absolute Gasteiger partial charge is 0.331 e. The zero-order valence-electron chi connectivity index (χ0n) is 14.6. The fourth-order valence-electron chi connectivity index (χ4n) is 3.73. The van der Waals surface area contributed by atoms with E-state index in [2.05, 4.69) is 103 Å². The Morgan fingerprint density at radius 2 is 1.13 bits per heavy atom. The highest BCUT2D eigenvalue weighted by Gasteiger charge is 2.42. The van der Waals surface area contributed by atoms with Gasteiger partial charge in [-0.2, -0.15) is 0 Å². The van der Waals surface area contributed by atoms with Crippen LogP contribution in [-0.2, 0) is 0 Å². The van der Waals surface area contributed by atoms with Crippen LogP contribution in [0.1, 0.15) is 13.8 Å². The van der Waals surface area contributed by atoms with Gasteiger partial charge in [-0.15, -0.1) is 0 Å². The lowest BCUT2D eigenvalue weighted by molar-refractivity contribution is 0.507. The topological polar surface area (TPSA) is 9.72 Å². The molecule has 0 radical (unpaired) electrons. The Bertz CT molecular complexity index is 569. The summed E-state index contributed by atoms with van der Waals surface area (Å²) in [5.74, 6) is 0. The molecule has 1 fully saturated rings. The van der Waals surface area contributed by atoms with Crippen LogP contribution >= 0.6 is 0 Å². The van der Waals surface area contributed by atoms with E-state index >= 15 is 0 Å². The largest absolute Gasteiger partial charge is 0.386 e. The lowest BCUT2D eigenvalue weighted by Gasteiger charge is -2.52. The lowest BCUT2D eigenvalue weighted by atomic mass is 9.56. The molecule has 0 aromatic heterocycles. The second-order valence-corrected chi connectivity index (χ2v) is 6.56. The van der Waals surface area contributed by atoms with Gasteiger partial charge in [-0.25, -0.2) is 0 Å². The van der Waals surface area contributed by atoms with E-state index in [1.165, 1.54) is 11.4 Å². The van der Waals surface area contributed by atoms with E-state index in [-0.39, 0.29) is 0 Å². The van der Waals surface area contributed by atoms with E-state index in [4.69, 9.17) is 0 Å². The standard InChI is InChI=1S/C18H25B2N3/c1-16(2)23-19(3)21(17-11-7-5-8-12-17)15-22(20(23)4)18-13-9-6-10-14-18/h5-14,16H,15H2,1-4H3. The first kappa shape index (κ1) is 16.0. The molecule has 0 spiro atoms. The van der Waals surface area contributed by atoms with E-state index in [0.29, 0.717) is 20.0 Å². The number of rotatable bonds is 3. The SMILES string of the molecule is CB1N(c2ccccc2)CN(c2ccccc2)B(C)N1C(C)C. The van der Waals surface area contributed by atoms with Crippen LogP contribution in [0.5, 0.6) is 0 Å². The summed E-state index contributed by atoms with van der Waals surface area (Å²) >= 11 is 0. The van der Waals surface area contributed by atoms with Gasteiger partial charge in [0.1, 0.15) is 0 Å². The van der Waals surface area contributed by atoms with Gasteiger partial charge in [0.15, 0.2) is 0 Å². The molecule has 0 bridgehead atoms. The molecular weight excluding hydrogens is 280 g/mol. The van der Waals surface area contributed by atoms with Crippen molar-refractivity contribution >= 4 is 25.3 Å². The molecule has 1 saturated heterocycles. The van der Waals surface area contributed by atoms with Gasteiger partial charge in [-0.1, -0.05) is 63.9 Å². The Balaban J connectivity index is 1.98. The van der Waals surface area contributed by atoms with Crippen LogP contribution in [0.4, 0.5) is 11.4 Å². The first-order valence-electron chi connectivity index (χ1n) is 8.50. The van der Waals surface area contributed by atoms with Crippen LogP contribution in [0.3, 0.4) is 0 Å². The summed E-state index contributed by atoms with van der Waals surface area (Å²) in [5.41, 5.74) is 2.55. The Morgan fingerprint density at radius 1 is 0.739 bits per heavy atom. The van der Waals surface area contributed by atoms with Gasteiger partial charge >= 0.3 is 14.0 Å². The predicted molar refractivity (Wildman–Crippen MR) is 103 cm³/mol. The van der Waals surface area contributed by atoms with Crippen LogP contribution in [0.2, 0.25) is 13.6 Å². The third kappa shape index (κ3) is 3.11. The monoisotopic (exact) mass is 305 g/mol. The number of benzene rings is 2. The zero-order chi connectivity index (χ0) is 16.4. The van der Waals surface area contributed by atoms with E-state index in [9.17, 15) is 0 Å². The molecule has 1 aliphatic heterocycles. The number of nitrogens with zero attached hydrogens (tertiary/aromatic N) is 3. The van der Waals surface area contributed by atoms with Gasteiger partial charge in [0.05, 0.1) is 6.67 Å². The van der Waals surface area contributed by atoms with Crippen molar-refractivity contribution in [3.8, 4) is 0 Å². The molecule has 0 amide bonds. The molecule has 0 N–H and O–H groups in total. The van der Waals surface area contributed by atoms with Gasteiger partial charge in [0.25, 0.3) is 0 Å². The molecule has 1 heterocycles. The molecule has 3 nitrogen and oxygen atoms in total. The van der Waals surface area contributed by atoms with Crippen molar-refractivity contribution in [3.05, 3.63) is 60.7 Å². The summed E-state index contributed by atoms with van der Waals surface area (Å²) in [6.45, 7) is 10.8. The van der Waals surface area contributed by atoms with Crippen molar-refractivity contribution in [1.29, 1.82) is 0 Å². The molecule has 0 saturated carbocycles. The number of para-hydroxylation sites is 2. The Labute approximate surface area is 141 Å². The average Bonchev–Trinajstić information content (AvgIpc) is 2.56. The summed E-state index contributed by atoms with van der Waals surface area (Å²) in [5, 5.41) is 0. The van der Waals surface area contributed by atoms with Crippen LogP contribution in [0.15, 0.2) is 60.7 Å². The lowest BCUT2D eigenvalue weighted by Crippen LogP contribution is -2.71. The van der Waals surface area contributed by atoms with Gasteiger partial charge in [-0.3, -0.25) is 0 Å². The third-order valence-electron chi connectivity index (χ3n) is 4.84. The highest BCUT2D eigenvalue weighted by atomic mass is 15.4. The van der Waals surface area contributed by atoms with Gasteiger partial charge in [-0.05, 0) is 30.3 Å². The van der Waals surface area contributed by atoms with Gasteiger partial charge < -0.3 is 14.3 Å². The van der Waals surface area contributed by atoms with Crippen molar-refractivity contribution in [2.24, 2.45) is 0 Å². The van der Waals surface area contributed by atoms with Crippen LogP contribution in [-0.4, -0.2) is 31.4 Å². The Hall–Kier alpha value is -1.87. The molecule has 0 atom stereocenters. The minimum atomic E-state index is 0.368. The molecule has 118 valence electrons. The van der Waals surface area contributed by atoms with E-state index in [1.807, 2.05) is 0 Å². The second kappa shape index (κ2) is 6.71. The molecule has 2 aromatic carbocycles. The molecule has 0 aliphatic carbocycles. The maximum Gasteiger partial charge on any atom is 0.331 e. The van der Waals surface area contributed by atoms with Crippen molar-refractivity contribution in [2.75, 3.05) is 16.3 Å². The molecule has 0 unspecified atom stereocenters. The third-order valence-corrected chi connectivity index (χ3v) is 4.84. The van der Waals surface area contributed by atoms with E-state index in [1.54, 1.807) is 0 Å². The fourth-order valence-corrected chi connectivity index (χ4v) is 3.73. The molecule has 5 heteroatoms. The quantitative estimate of drug-likeness (QED) is 0.796. The Kier molecular flexibility index (Phi) is 4.67. The highest BCUT2D eigenvalue weighted by molar-refractivity contribution is 6.77. The number of hydrogen-bond acceptors (Lipinski definition) is 3. The first-order chi connectivity index (χ1) is 11.1. The molecular formula is C18H25B2N3. The predicted octanol–water partition coefficient (Wildman–Crippen LogP) is 3.92. The molecule has 3 rings (SSSR count). The normalized spacial score (nSPS) is 16.4. The summed E-state index contributed by atoms with van der Waals surface area (Å²) in [6.07, 6.45) is 0. The number of anilines is 2. The van der Waals surface area contributed by atoms with Crippen LogP contribution < -0.4 is 9.62 Å². The molecule has 23 heavy (non-hydrogen) atoms. The minimum absolute atomic E-state index is 0.368. The highest BCUT2D eigenvalue weighted by Crippen LogP contribution is 2.28. The maximum atomic E-state index is 2.57. The van der Waals surface area contributed by atoms with Crippen LogP contribution in [0, 0.1) is 0 Å². The summed E-state index contributed by atoms with van der Waals surface area (Å²) in [6, 6.07) is 21.9. The van der Waals surface area contributed by atoms with Gasteiger partial charge in [0, 0.05) is 11.4 Å². The maximum absolute atomic E-state index is 2.57. The van der Waals surface area contributed by atoms with Crippen molar-refractivity contribution < 1.29 is 0 Å². The zero-order valence-corrected chi connectivity index (χ0v) is 14.6. The van der Waals surface area contributed by atoms with Crippen molar-refractivity contribution in [3.63, 3.8) is 0 Å². The fraction of sp³-hybridized carbons (Fsp3) is 0.333. The molecule has 2 aromatic rings. The van der Waals surface area contributed by atoms with Crippen LogP contribution in [0.25, 0.3) is 0 Å². The van der Waals surface area contributed by atoms with Crippen molar-refractivity contribution in [2.45, 2.75) is 33.5 Å². The van der Waals surface area contributed by atoms with E-state index < -0.39 is 0 Å². The van der Waals surface area contributed by atoms with E-state index in [0.717, 1.165) is 6.67 Å². The second-order valence-electron chi connectivity index (χ2n) is 6.56. The minimum Gasteiger partial charge on any atom is -0.386 e. The van der Waals surface area contributed by atoms with Gasteiger partial charge in [0.2, 0.25) is 0 Å². The first-order valence-corrected chi connectivity index (χ1v) is 8.50. The Morgan fingerprint density at radius 3 is 1.48 bits per heavy atom.